The summed E-state index contributed by atoms with van der Waals surface area (Å²) in [6.07, 6.45) is 2.05. The number of aryl methyl sites for hydroxylation is 1. The molecule has 0 radical (unpaired) electrons. The number of nitrogen functional groups attached to an aromatic ring is 1. The zero-order valence-corrected chi connectivity index (χ0v) is 9.87. The Bertz CT molecular complexity index is 578. The molecule has 0 atom stereocenters. The highest BCUT2D eigenvalue weighted by atomic mass is 19.1. The van der Waals surface area contributed by atoms with Crippen LogP contribution in [0.3, 0.4) is 0 Å². The van der Waals surface area contributed by atoms with Gasteiger partial charge in [0.1, 0.15) is 11.6 Å². The van der Waals surface area contributed by atoms with Gasteiger partial charge in [-0.15, -0.1) is 0 Å². The second-order valence-corrected chi connectivity index (χ2v) is 3.80. The molecule has 3 N–H and O–H groups in total. The number of anilines is 2. The fourth-order valence-electron chi connectivity index (χ4n) is 1.64. The highest BCUT2D eigenvalue weighted by Gasteiger charge is 2.14. The molecule has 0 spiro atoms. The molecule has 18 heavy (non-hydrogen) atoms. The number of hydrogen-bond donors (Lipinski definition) is 2. The van der Waals surface area contributed by atoms with Gasteiger partial charge in [-0.25, -0.2) is 4.39 Å². The molecule has 94 valence electrons. The predicted molar refractivity (Wildman–Crippen MR) is 66.9 cm³/mol. The van der Waals surface area contributed by atoms with Crippen LogP contribution in [0.1, 0.15) is 23.0 Å². The van der Waals surface area contributed by atoms with E-state index < -0.39 is 5.82 Å². The van der Waals surface area contributed by atoms with Gasteiger partial charge >= 0.3 is 0 Å². The van der Waals surface area contributed by atoms with Crippen molar-refractivity contribution in [3.63, 3.8) is 0 Å². The molecule has 0 unspecified atom stereocenters. The summed E-state index contributed by atoms with van der Waals surface area (Å²) in [4.78, 5) is 12.0. The summed E-state index contributed by atoms with van der Waals surface area (Å²) in [5.41, 5.74) is 6.65. The monoisotopic (exact) mass is 248 g/mol. The van der Waals surface area contributed by atoms with Gasteiger partial charge in [-0.1, -0.05) is 6.92 Å². The van der Waals surface area contributed by atoms with Gasteiger partial charge in [0, 0.05) is 6.42 Å². The zero-order chi connectivity index (χ0) is 13.1. The number of hydrogen-bond acceptors (Lipinski definition) is 3. The summed E-state index contributed by atoms with van der Waals surface area (Å²) in [6, 6.07) is 5.39. The molecule has 1 aromatic heterocycles. The second kappa shape index (κ2) is 4.91. The topological polar surface area (TPSA) is 68.3 Å². The van der Waals surface area contributed by atoms with E-state index in [1.54, 1.807) is 6.07 Å². The quantitative estimate of drug-likeness (QED) is 0.820. The third-order valence-corrected chi connectivity index (χ3v) is 2.57. The predicted octanol–water partition coefficient (Wildman–Crippen LogP) is 2.82. The minimum absolute atomic E-state index is 0.253. The third kappa shape index (κ3) is 2.34. The average molecular weight is 248 g/mol. The lowest BCUT2D eigenvalue weighted by atomic mass is 10.2. The molecule has 2 aromatic rings. The van der Waals surface area contributed by atoms with Crippen molar-refractivity contribution < 1.29 is 13.6 Å². The van der Waals surface area contributed by atoms with Gasteiger partial charge in [-0.2, -0.15) is 0 Å². The molecule has 0 aliphatic carbocycles. The minimum Gasteiger partial charge on any atom is -0.469 e. The van der Waals surface area contributed by atoms with E-state index in [1.165, 1.54) is 24.5 Å². The van der Waals surface area contributed by atoms with Crippen LogP contribution in [0.15, 0.2) is 34.9 Å². The summed E-state index contributed by atoms with van der Waals surface area (Å²) in [6.45, 7) is 1.88. The Balaban J connectivity index is 2.24. The Kier molecular flexibility index (Phi) is 3.32. The van der Waals surface area contributed by atoms with Crippen molar-refractivity contribution in [3.8, 4) is 0 Å². The van der Waals surface area contributed by atoms with E-state index in [9.17, 15) is 9.18 Å². The number of carbonyl (C=O) groups is 1. The fourth-order valence-corrected chi connectivity index (χ4v) is 1.64. The smallest absolute Gasteiger partial charge is 0.259 e. The molecule has 0 aliphatic heterocycles. The summed E-state index contributed by atoms with van der Waals surface area (Å²) >= 11 is 0. The second-order valence-electron chi connectivity index (χ2n) is 3.80. The summed E-state index contributed by atoms with van der Waals surface area (Å²) < 4.78 is 18.2. The van der Waals surface area contributed by atoms with Crippen LogP contribution in [0.5, 0.6) is 0 Å². The molecular formula is C13H13FN2O2. The van der Waals surface area contributed by atoms with Crippen LogP contribution < -0.4 is 11.1 Å². The molecular weight excluding hydrogens is 235 g/mol. The number of nitrogens with one attached hydrogen (secondary N) is 1. The van der Waals surface area contributed by atoms with Crippen molar-refractivity contribution >= 4 is 17.3 Å². The highest BCUT2D eigenvalue weighted by Crippen LogP contribution is 2.21. The van der Waals surface area contributed by atoms with Gasteiger partial charge in [0.05, 0.1) is 23.2 Å². The molecule has 5 heteroatoms. The molecule has 2 rings (SSSR count). The van der Waals surface area contributed by atoms with Crippen molar-refractivity contribution in [2.75, 3.05) is 11.1 Å². The lowest BCUT2D eigenvalue weighted by molar-refractivity contribution is 0.102. The number of furan rings is 1. The standard InChI is InChI=1S/C13H13FN2O2/c1-2-12-9(5-6-18-12)13(17)16-11-7-8(14)3-4-10(11)15/h3-7H,2,15H2,1H3,(H,16,17). The lowest BCUT2D eigenvalue weighted by Gasteiger charge is -2.07. The SMILES string of the molecule is CCc1occc1C(=O)Nc1cc(F)ccc1N. The van der Waals surface area contributed by atoms with Crippen molar-refractivity contribution in [1.29, 1.82) is 0 Å². The first-order valence-electron chi connectivity index (χ1n) is 5.54. The molecule has 4 nitrogen and oxygen atoms in total. The van der Waals surface area contributed by atoms with Crippen LogP contribution in [-0.2, 0) is 6.42 Å². The number of nitrogens with two attached hydrogens (primary N) is 1. The van der Waals surface area contributed by atoms with E-state index in [-0.39, 0.29) is 11.6 Å². The van der Waals surface area contributed by atoms with Crippen LogP contribution in [0.2, 0.25) is 0 Å². The molecule has 0 aliphatic rings. The Morgan fingerprint density at radius 1 is 1.44 bits per heavy atom. The van der Waals surface area contributed by atoms with Crippen LogP contribution in [0, 0.1) is 5.82 Å². The van der Waals surface area contributed by atoms with E-state index in [4.69, 9.17) is 10.2 Å². The van der Waals surface area contributed by atoms with Gasteiger partial charge in [0.25, 0.3) is 5.91 Å². The van der Waals surface area contributed by atoms with E-state index in [0.717, 1.165) is 0 Å². The molecule has 0 saturated heterocycles. The van der Waals surface area contributed by atoms with E-state index in [0.29, 0.717) is 23.4 Å². The number of benzene rings is 1. The normalized spacial score (nSPS) is 10.3. The Morgan fingerprint density at radius 3 is 2.94 bits per heavy atom. The van der Waals surface area contributed by atoms with Gasteiger partial charge in [0.2, 0.25) is 0 Å². The first-order valence-corrected chi connectivity index (χ1v) is 5.54. The third-order valence-electron chi connectivity index (χ3n) is 2.57. The van der Waals surface area contributed by atoms with E-state index >= 15 is 0 Å². The molecule has 1 heterocycles. The van der Waals surface area contributed by atoms with Crippen LogP contribution in [0.25, 0.3) is 0 Å². The van der Waals surface area contributed by atoms with Crippen molar-refractivity contribution in [2.45, 2.75) is 13.3 Å². The summed E-state index contributed by atoms with van der Waals surface area (Å²) in [5, 5.41) is 2.56. The first kappa shape index (κ1) is 12.2. The van der Waals surface area contributed by atoms with Gasteiger partial charge in [-0.3, -0.25) is 4.79 Å². The number of rotatable bonds is 3. The van der Waals surface area contributed by atoms with Gasteiger partial charge < -0.3 is 15.5 Å². The first-order chi connectivity index (χ1) is 8.61. The number of halogens is 1. The lowest BCUT2D eigenvalue weighted by Crippen LogP contribution is -2.14. The van der Waals surface area contributed by atoms with Crippen LogP contribution in [-0.4, -0.2) is 5.91 Å². The van der Waals surface area contributed by atoms with E-state index in [1.807, 2.05) is 6.92 Å². The maximum Gasteiger partial charge on any atom is 0.259 e. The average Bonchev–Trinajstić information content (AvgIpc) is 2.82. The molecule has 0 saturated carbocycles. The number of carbonyl (C=O) groups excluding carboxylic acids is 1. The largest absolute Gasteiger partial charge is 0.469 e. The van der Waals surface area contributed by atoms with Crippen molar-refractivity contribution in [3.05, 3.63) is 47.7 Å². The Morgan fingerprint density at radius 2 is 2.22 bits per heavy atom. The summed E-state index contributed by atoms with van der Waals surface area (Å²) in [7, 11) is 0. The van der Waals surface area contributed by atoms with Crippen LogP contribution >= 0.6 is 0 Å². The number of amides is 1. The summed E-state index contributed by atoms with van der Waals surface area (Å²) in [5.74, 6) is -0.234. The highest BCUT2D eigenvalue weighted by molar-refractivity contribution is 6.06. The van der Waals surface area contributed by atoms with Crippen molar-refractivity contribution in [1.82, 2.24) is 0 Å². The van der Waals surface area contributed by atoms with Crippen molar-refractivity contribution in [2.24, 2.45) is 0 Å². The molecule has 1 amide bonds. The zero-order valence-electron chi connectivity index (χ0n) is 9.87. The van der Waals surface area contributed by atoms with Crippen LogP contribution in [0.4, 0.5) is 15.8 Å². The molecule has 0 fully saturated rings. The minimum atomic E-state index is -0.456. The molecule has 0 bridgehead atoms. The molecule has 1 aromatic carbocycles. The van der Waals surface area contributed by atoms with E-state index in [2.05, 4.69) is 5.32 Å². The van der Waals surface area contributed by atoms with Gasteiger partial charge in [0.15, 0.2) is 0 Å². The maximum atomic E-state index is 13.1. The van der Waals surface area contributed by atoms with Gasteiger partial charge in [-0.05, 0) is 24.3 Å². The fraction of sp³-hybridized carbons (Fsp3) is 0.154. The Hall–Kier alpha value is -2.30. The maximum absolute atomic E-state index is 13.1. The Labute approximate surface area is 104 Å².